The van der Waals surface area contributed by atoms with Gasteiger partial charge in [0.05, 0.1) is 12.7 Å². The molecule has 0 atom stereocenters. The molecule has 0 unspecified atom stereocenters. The van der Waals surface area contributed by atoms with E-state index in [4.69, 9.17) is 4.42 Å². The van der Waals surface area contributed by atoms with Crippen molar-refractivity contribution in [3.05, 3.63) is 70.7 Å². The number of hydrogen-bond donors (Lipinski definition) is 2. The number of fused-ring (bicyclic) bond motifs is 2. The van der Waals surface area contributed by atoms with Gasteiger partial charge in [0.25, 0.3) is 5.91 Å². The first-order valence-corrected chi connectivity index (χ1v) is 8.47. The maximum Gasteiger partial charge on any atom is 0.269 e. The van der Waals surface area contributed by atoms with Crippen LogP contribution in [0.2, 0.25) is 0 Å². The predicted molar refractivity (Wildman–Crippen MR) is 94.0 cm³/mol. The van der Waals surface area contributed by atoms with Gasteiger partial charge in [0.2, 0.25) is 5.91 Å². The van der Waals surface area contributed by atoms with Crippen LogP contribution in [0.25, 0.3) is 11.0 Å². The Morgan fingerprint density at radius 1 is 1.04 bits per heavy atom. The molecular formula is C20H17FN2O3. The van der Waals surface area contributed by atoms with Crippen LogP contribution in [0.3, 0.4) is 0 Å². The monoisotopic (exact) mass is 352 g/mol. The van der Waals surface area contributed by atoms with Crippen molar-refractivity contribution in [1.29, 1.82) is 0 Å². The number of furan rings is 1. The average Bonchev–Trinajstić information content (AvgIpc) is 3.25. The molecule has 1 heterocycles. The fourth-order valence-corrected chi connectivity index (χ4v) is 3.30. The van der Waals surface area contributed by atoms with Gasteiger partial charge in [-0.15, -0.1) is 0 Å². The van der Waals surface area contributed by atoms with E-state index in [0.29, 0.717) is 0 Å². The summed E-state index contributed by atoms with van der Waals surface area (Å²) < 4.78 is 18.5. The Balaban J connectivity index is 1.41. The summed E-state index contributed by atoms with van der Waals surface area (Å²) in [4.78, 5) is 24.1. The molecule has 132 valence electrons. The van der Waals surface area contributed by atoms with Gasteiger partial charge in [-0.3, -0.25) is 20.4 Å². The van der Waals surface area contributed by atoms with Crippen LogP contribution in [0.5, 0.6) is 0 Å². The summed E-state index contributed by atoms with van der Waals surface area (Å²) in [5, 5.41) is 0.936. The normalized spacial score (nSPS) is 12.8. The lowest BCUT2D eigenvalue weighted by atomic mass is 10.0. The number of nitrogens with one attached hydrogen (secondary N) is 2. The second kappa shape index (κ2) is 6.63. The molecule has 0 radical (unpaired) electrons. The third kappa shape index (κ3) is 3.18. The first-order chi connectivity index (χ1) is 12.6. The van der Waals surface area contributed by atoms with E-state index in [9.17, 15) is 14.0 Å². The lowest BCUT2D eigenvalue weighted by Crippen LogP contribution is -2.42. The van der Waals surface area contributed by atoms with Crippen molar-refractivity contribution in [2.75, 3.05) is 0 Å². The van der Waals surface area contributed by atoms with Gasteiger partial charge in [-0.1, -0.05) is 0 Å². The molecule has 2 aromatic carbocycles. The maximum atomic E-state index is 12.9. The summed E-state index contributed by atoms with van der Waals surface area (Å²) in [6.07, 6.45) is 4.94. The van der Waals surface area contributed by atoms with Gasteiger partial charge in [0.1, 0.15) is 11.4 Å². The van der Waals surface area contributed by atoms with Crippen LogP contribution < -0.4 is 10.9 Å². The number of amides is 2. The molecule has 1 aliphatic rings. The Morgan fingerprint density at radius 2 is 1.77 bits per heavy atom. The van der Waals surface area contributed by atoms with Crippen molar-refractivity contribution in [2.24, 2.45) is 0 Å². The molecule has 2 amide bonds. The van der Waals surface area contributed by atoms with Crippen LogP contribution in [0.15, 0.2) is 47.1 Å². The minimum Gasteiger partial charge on any atom is -0.464 e. The number of carbonyl (C=O) groups is 2. The fourth-order valence-electron chi connectivity index (χ4n) is 3.30. The Bertz CT molecular complexity index is 992. The van der Waals surface area contributed by atoms with E-state index in [1.54, 1.807) is 6.26 Å². The standard InChI is InChI=1S/C20H17FN2O3/c21-16-6-4-12(5-7-16)20(25)23-22-19(24)10-15-11-26-18-9-14-3-1-2-13(14)8-17(15)18/h4-9,11H,1-3,10H2,(H,22,24)(H,23,25). The summed E-state index contributed by atoms with van der Waals surface area (Å²) in [5.41, 5.74) is 9.15. The highest BCUT2D eigenvalue weighted by atomic mass is 19.1. The molecule has 0 aliphatic heterocycles. The van der Waals surface area contributed by atoms with Crippen molar-refractivity contribution < 1.29 is 18.4 Å². The van der Waals surface area contributed by atoms with Crippen molar-refractivity contribution in [3.63, 3.8) is 0 Å². The topological polar surface area (TPSA) is 71.3 Å². The molecule has 0 spiro atoms. The zero-order chi connectivity index (χ0) is 18.1. The minimum absolute atomic E-state index is 0.0927. The highest BCUT2D eigenvalue weighted by Gasteiger charge is 2.17. The molecule has 5 nitrogen and oxygen atoms in total. The third-order valence-corrected chi connectivity index (χ3v) is 4.64. The lowest BCUT2D eigenvalue weighted by molar-refractivity contribution is -0.121. The average molecular weight is 352 g/mol. The molecular weight excluding hydrogens is 335 g/mol. The third-order valence-electron chi connectivity index (χ3n) is 4.64. The highest BCUT2D eigenvalue weighted by Crippen LogP contribution is 2.30. The molecule has 26 heavy (non-hydrogen) atoms. The molecule has 0 saturated carbocycles. The summed E-state index contributed by atoms with van der Waals surface area (Å²) in [5.74, 6) is -1.29. The van der Waals surface area contributed by atoms with Gasteiger partial charge in [-0.05, 0) is 66.8 Å². The lowest BCUT2D eigenvalue weighted by Gasteiger charge is -2.07. The summed E-state index contributed by atoms with van der Waals surface area (Å²) in [6, 6.07) is 9.22. The molecule has 1 aliphatic carbocycles. The van der Waals surface area contributed by atoms with Crippen LogP contribution in [-0.4, -0.2) is 11.8 Å². The molecule has 0 saturated heterocycles. The molecule has 0 fully saturated rings. The molecule has 3 aromatic rings. The molecule has 1 aromatic heterocycles. The molecule has 6 heteroatoms. The number of aryl methyl sites for hydroxylation is 2. The Hall–Kier alpha value is -3.15. The van der Waals surface area contributed by atoms with E-state index in [0.717, 1.165) is 35.8 Å². The SMILES string of the molecule is O=C(Cc1coc2cc3c(cc12)CCC3)NNC(=O)c1ccc(F)cc1. The van der Waals surface area contributed by atoms with E-state index in [2.05, 4.69) is 23.0 Å². The van der Waals surface area contributed by atoms with Crippen LogP contribution >= 0.6 is 0 Å². The predicted octanol–water partition coefficient (Wildman–Crippen LogP) is 3.06. The van der Waals surface area contributed by atoms with Crippen LogP contribution in [0.4, 0.5) is 4.39 Å². The van der Waals surface area contributed by atoms with E-state index < -0.39 is 11.7 Å². The van der Waals surface area contributed by atoms with Crippen molar-refractivity contribution in [3.8, 4) is 0 Å². The highest BCUT2D eigenvalue weighted by molar-refractivity contribution is 5.96. The zero-order valence-electron chi connectivity index (χ0n) is 14.0. The van der Waals surface area contributed by atoms with E-state index >= 15 is 0 Å². The first kappa shape index (κ1) is 16.3. The number of rotatable bonds is 3. The molecule has 2 N–H and O–H groups in total. The van der Waals surface area contributed by atoms with Crippen LogP contribution in [0.1, 0.15) is 33.5 Å². The largest absolute Gasteiger partial charge is 0.464 e. The van der Waals surface area contributed by atoms with Gasteiger partial charge >= 0.3 is 0 Å². The smallest absolute Gasteiger partial charge is 0.269 e. The van der Waals surface area contributed by atoms with Gasteiger partial charge < -0.3 is 4.42 Å². The number of carbonyl (C=O) groups excluding carboxylic acids is 2. The Labute approximate surface area is 149 Å². The summed E-state index contributed by atoms with van der Waals surface area (Å²) in [7, 11) is 0. The zero-order valence-corrected chi connectivity index (χ0v) is 14.0. The second-order valence-electron chi connectivity index (χ2n) is 6.42. The fraction of sp³-hybridized carbons (Fsp3) is 0.200. The number of hydrazine groups is 1. The van der Waals surface area contributed by atoms with Crippen LogP contribution in [-0.2, 0) is 24.1 Å². The van der Waals surface area contributed by atoms with E-state index in [1.165, 1.54) is 35.4 Å². The van der Waals surface area contributed by atoms with Gasteiger partial charge in [0.15, 0.2) is 0 Å². The van der Waals surface area contributed by atoms with Gasteiger partial charge in [-0.2, -0.15) is 0 Å². The number of benzene rings is 2. The van der Waals surface area contributed by atoms with E-state index in [1.807, 2.05) is 0 Å². The van der Waals surface area contributed by atoms with Gasteiger partial charge in [0, 0.05) is 16.5 Å². The summed E-state index contributed by atoms with van der Waals surface area (Å²) >= 11 is 0. The van der Waals surface area contributed by atoms with Gasteiger partial charge in [-0.25, -0.2) is 4.39 Å². The molecule has 0 bridgehead atoms. The first-order valence-electron chi connectivity index (χ1n) is 8.47. The molecule has 4 rings (SSSR count). The van der Waals surface area contributed by atoms with Crippen molar-refractivity contribution in [2.45, 2.75) is 25.7 Å². The Morgan fingerprint density at radius 3 is 2.54 bits per heavy atom. The quantitative estimate of drug-likeness (QED) is 0.712. The maximum absolute atomic E-state index is 12.9. The minimum atomic E-state index is -0.506. The van der Waals surface area contributed by atoms with Crippen LogP contribution in [0, 0.1) is 5.82 Å². The van der Waals surface area contributed by atoms with E-state index in [-0.39, 0.29) is 17.9 Å². The van der Waals surface area contributed by atoms with Crippen molar-refractivity contribution >= 4 is 22.8 Å². The second-order valence-corrected chi connectivity index (χ2v) is 6.42. The van der Waals surface area contributed by atoms with Crippen molar-refractivity contribution in [1.82, 2.24) is 10.9 Å². The number of hydrogen-bond acceptors (Lipinski definition) is 3. The summed E-state index contributed by atoms with van der Waals surface area (Å²) in [6.45, 7) is 0. The number of halogens is 1. The Kier molecular flexibility index (Phi) is 4.16.